The van der Waals surface area contributed by atoms with Gasteiger partial charge in [-0.2, -0.15) is 0 Å². The highest BCUT2D eigenvalue weighted by Crippen LogP contribution is 2.22. The number of thiazole rings is 1. The molecule has 0 saturated heterocycles. The quantitative estimate of drug-likeness (QED) is 0.753. The number of hydrogen-bond donors (Lipinski definition) is 1. The lowest BCUT2D eigenvalue weighted by Gasteiger charge is -1.92. The van der Waals surface area contributed by atoms with Gasteiger partial charge in [0.05, 0.1) is 4.88 Å². The summed E-state index contributed by atoms with van der Waals surface area (Å²) in [6.45, 7) is 0.475. The summed E-state index contributed by atoms with van der Waals surface area (Å²) in [7, 11) is 1.90. The topological polar surface area (TPSA) is 69.6 Å². The van der Waals surface area contributed by atoms with Gasteiger partial charge in [-0.15, -0.1) is 21.5 Å². The Balaban J connectivity index is 2.41. The highest BCUT2D eigenvalue weighted by molar-refractivity contribution is 7.15. The molecule has 2 heterocycles. The van der Waals surface area contributed by atoms with Crippen LogP contribution in [0.25, 0.3) is 10.7 Å². The lowest BCUT2D eigenvalue weighted by atomic mass is 10.5. The fraction of sp³-hybridized carbons (Fsp3) is 0.286. The molecule has 0 radical (unpaired) electrons. The maximum absolute atomic E-state index is 5.46. The normalized spacial score (nSPS) is 10.6. The molecule has 0 aliphatic rings. The van der Waals surface area contributed by atoms with Crippen molar-refractivity contribution in [3.8, 4) is 10.7 Å². The first kappa shape index (κ1) is 8.33. The Morgan fingerprint density at radius 1 is 1.62 bits per heavy atom. The van der Waals surface area contributed by atoms with Crippen molar-refractivity contribution in [2.45, 2.75) is 6.54 Å². The summed E-state index contributed by atoms with van der Waals surface area (Å²) in [5, 5.41) is 8.68. The monoisotopic (exact) mass is 195 g/mol. The molecule has 2 aromatic heterocycles. The largest absolute Gasteiger partial charge is 0.325 e. The smallest absolute Gasteiger partial charge is 0.175 e. The van der Waals surface area contributed by atoms with Crippen molar-refractivity contribution < 1.29 is 0 Å². The molecule has 6 heteroatoms. The first-order chi connectivity index (χ1) is 6.31. The van der Waals surface area contributed by atoms with Crippen LogP contribution in [0.3, 0.4) is 0 Å². The molecule has 2 aromatic rings. The zero-order chi connectivity index (χ0) is 9.26. The van der Waals surface area contributed by atoms with E-state index in [4.69, 9.17) is 5.73 Å². The number of aromatic nitrogens is 4. The van der Waals surface area contributed by atoms with Crippen molar-refractivity contribution >= 4 is 11.3 Å². The van der Waals surface area contributed by atoms with Crippen LogP contribution in [0.4, 0.5) is 0 Å². The van der Waals surface area contributed by atoms with E-state index in [0.29, 0.717) is 6.54 Å². The molecular formula is C7H9N5S. The van der Waals surface area contributed by atoms with Gasteiger partial charge in [0.25, 0.3) is 0 Å². The number of nitrogens with two attached hydrogens (primary N) is 1. The first-order valence-corrected chi connectivity index (χ1v) is 4.62. The summed E-state index contributed by atoms with van der Waals surface area (Å²) in [5.74, 6) is 0.831. The molecule has 0 fully saturated rings. The predicted molar refractivity (Wildman–Crippen MR) is 50.0 cm³/mol. The van der Waals surface area contributed by atoms with Crippen LogP contribution in [-0.4, -0.2) is 19.7 Å². The highest BCUT2D eigenvalue weighted by Gasteiger charge is 2.07. The standard InChI is InChI=1S/C7H9N5S/c1-12-4-10-11-7(12)5-3-9-6(2-8)13-5/h3-4H,2,8H2,1H3. The highest BCUT2D eigenvalue weighted by atomic mass is 32.1. The molecule has 0 aromatic carbocycles. The Hall–Kier alpha value is -1.27. The van der Waals surface area contributed by atoms with E-state index in [0.717, 1.165) is 15.7 Å². The lowest BCUT2D eigenvalue weighted by Crippen LogP contribution is -1.93. The van der Waals surface area contributed by atoms with E-state index < -0.39 is 0 Å². The average Bonchev–Trinajstić information content (AvgIpc) is 2.71. The third-order valence-corrected chi connectivity index (χ3v) is 2.68. The maximum atomic E-state index is 5.46. The Labute approximate surface area is 79.2 Å². The summed E-state index contributed by atoms with van der Waals surface area (Å²) < 4.78 is 1.85. The van der Waals surface area contributed by atoms with Crippen LogP contribution in [0.2, 0.25) is 0 Å². The third-order valence-electron chi connectivity index (χ3n) is 1.66. The van der Waals surface area contributed by atoms with Crippen LogP contribution >= 0.6 is 11.3 Å². The fourth-order valence-electron chi connectivity index (χ4n) is 1.01. The second-order valence-electron chi connectivity index (χ2n) is 2.59. The Kier molecular flexibility index (Phi) is 2.07. The first-order valence-electron chi connectivity index (χ1n) is 3.80. The van der Waals surface area contributed by atoms with Crippen molar-refractivity contribution in [3.05, 3.63) is 17.5 Å². The van der Waals surface area contributed by atoms with Gasteiger partial charge >= 0.3 is 0 Å². The molecule has 0 bridgehead atoms. The lowest BCUT2D eigenvalue weighted by molar-refractivity contribution is 0.921. The predicted octanol–water partition coefficient (Wildman–Crippen LogP) is 0.397. The Morgan fingerprint density at radius 3 is 3.00 bits per heavy atom. The molecule has 0 aliphatic carbocycles. The van der Waals surface area contributed by atoms with E-state index in [1.807, 2.05) is 11.6 Å². The number of rotatable bonds is 2. The van der Waals surface area contributed by atoms with Crippen molar-refractivity contribution in [2.24, 2.45) is 12.8 Å². The van der Waals surface area contributed by atoms with Gasteiger partial charge in [-0.3, -0.25) is 0 Å². The van der Waals surface area contributed by atoms with Gasteiger partial charge < -0.3 is 10.3 Å². The van der Waals surface area contributed by atoms with Gasteiger partial charge in [-0.1, -0.05) is 0 Å². The van der Waals surface area contributed by atoms with Crippen LogP contribution < -0.4 is 5.73 Å². The van der Waals surface area contributed by atoms with Gasteiger partial charge in [-0.05, 0) is 0 Å². The summed E-state index contributed by atoms with van der Waals surface area (Å²) in [5.41, 5.74) is 5.46. The van der Waals surface area contributed by atoms with Crippen molar-refractivity contribution in [2.75, 3.05) is 0 Å². The third kappa shape index (κ3) is 1.45. The summed E-state index contributed by atoms with van der Waals surface area (Å²) in [6.07, 6.45) is 3.44. The minimum atomic E-state index is 0.475. The van der Waals surface area contributed by atoms with Gasteiger partial charge in [0.1, 0.15) is 11.3 Å². The number of nitrogens with zero attached hydrogens (tertiary/aromatic N) is 4. The fourth-order valence-corrected chi connectivity index (χ4v) is 1.84. The van der Waals surface area contributed by atoms with Gasteiger partial charge in [0.15, 0.2) is 5.82 Å². The minimum Gasteiger partial charge on any atom is -0.325 e. The zero-order valence-electron chi connectivity index (χ0n) is 7.14. The van der Waals surface area contributed by atoms with Gasteiger partial charge in [0.2, 0.25) is 0 Å². The summed E-state index contributed by atoms with van der Waals surface area (Å²) in [4.78, 5) is 5.14. The molecular weight excluding hydrogens is 186 g/mol. The van der Waals surface area contributed by atoms with Crippen molar-refractivity contribution in [1.82, 2.24) is 19.7 Å². The molecule has 2 N–H and O–H groups in total. The molecule has 0 unspecified atom stereocenters. The number of aryl methyl sites for hydroxylation is 1. The molecule has 0 saturated carbocycles. The summed E-state index contributed by atoms with van der Waals surface area (Å²) >= 11 is 1.55. The van der Waals surface area contributed by atoms with E-state index in [-0.39, 0.29) is 0 Å². The molecule has 0 atom stereocenters. The molecule has 2 rings (SSSR count). The molecule has 0 spiro atoms. The molecule has 5 nitrogen and oxygen atoms in total. The second-order valence-corrected chi connectivity index (χ2v) is 3.70. The van der Waals surface area contributed by atoms with Crippen molar-refractivity contribution in [1.29, 1.82) is 0 Å². The van der Waals surface area contributed by atoms with E-state index in [1.54, 1.807) is 23.9 Å². The van der Waals surface area contributed by atoms with Crippen LogP contribution in [0.15, 0.2) is 12.5 Å². The minimum absolute atomic E-state index is 0.475. The van der Waals surface area contributed by atoms with Crippen molar-refractivity contribution in [3.63, 3.8) is 0 Å². The number of hydrogen-bond acceptors (Lipinski definition) is 5. The molecule has 13 heavy (non-hydrogen) atoms. The van der Waals surface area contributed by atoms with Crippen LogP contribution in [0.5, 0.6) is 0 Å². The van der Waals surface area contributed by atoms with E-state index in [9.17, 15) is 0 Å². The van der Waals surface area contributed by atoms with Crippen LogP contribution in [0, 0.1) is 0 Å². The summed E-state index contributed by atoms with van der Waals surface area (Å²) in [6, 6.07) is 0. The maximum Gasteiger partial charge on any atom is 0.175 e. The van der Waals surface area contributed by atoms with Gasteiger partial charge in [0, 0.05) is 19.8 Å². The zero-order valence-corrected chi connectivity index (χ0v) is 7.95. The second kappa shape index (κ2) is 3.23. The van der Waals surface area contributed by atoms with E-state index in [2.05, 4.69) is 15.2 Å². The molecule has 0 aliphatic heterocycles. The Bertz CT molecular complexity index is 404. The average molecular weight is 195 g/mol. The van der Waals surface area contributed by atoms with E-state index >= 15 is 0 Å². The Morgan fingerprint density at radius 2 is 2.46 bits per heavy atom. The molecule has 0 amide bonds. The van der Waals surface area contributed by atoms with Gasteiger partial charge in [-0.25, -0.2) is 4.98 Å². The molecule has 68 valence electrons. The van der Waals surface area contributed by atoms with Crippen LogP contribution in [-0.2, 0) is 13.6 Å². The van der Waals surface area contributed by atoms with Crippen LogP contribution in [0.1, 0.15) is 5.01 Å². The SMILES string of the molecule is Cn1cnnc1-c1cnc(CN)s1. The van der Waals surface area contributed by atoms with E-state index in [1.165, 1.54) is 0 Å².